The van der Waals surface area contributed by atoms with Gasteiger partial charge in [0.1, 0.15) is 11.4 Å². The molecule has 0 saturated carbocycles. The van der Waals surface area contributed by atoms with Crippen molar-refractivity contribution < 1.29 is 4.74 Å². The normalized spacial score (nSPS) is 15.2. The molecule has 7 heteroatoms. The van der Waals surface area contributed by atoms with Crippen molar-refractivity contribution >= 4 is 27.3 Å². The highest BCUT2D eigenvalue weighted by Gasteiger charge is 2.18. The average Bonchev–Trinajstić information content (AvgIpc) is 3.18. The number of pyridine rings is 1. The molecule has 1 aromatic carbocycles. The summed E-state index contributed by atoms with van der Waals surface area (Å²) in [6.07, 6.45) is 5.46. The van der Waals surface area contributed by atoms with Gasteiger partial charge in [-0.15, -0.1) is 0 Å². The van der Waals surface area contributed by atoms with Crippen molar-refractivity contribution in [2.75, 3.05) is 65.4 Å². The number of ether oxygens (including phenoxy) is 1. The summed E-state index contributed by atoms with van der Waals surface area (Å²) >= 11 is 3.60. The van der Waals surface area contributed by atoms with E-state index in [0.717, 1.165) is 65.4 Å². The fourth-order valence-corrected chi connectivity index (χ4v) is 4.73. The van der Waals surface area contributed by atoms with Crippen molar-refractivity contribution in [3.8, 4) is 17.0 Å². The molecule has 0 atom stereocenters. The molecule has 0 bridgehead atoms. The summed E-state index contributed by atoms with van der Waals surface area (Å²) in [7, 11) is 5.98. The Hall–Kier alpha value is -2.09. The quantitative estimate of drug-likeness (QED) is 0.502. The molecule has 0 N–H and O–H groups in total. The predicted octanol–water partition coefficient (Wildman–Crippen LogP) is 4.15. The molecule has 0 unspecified atom stereocenters. The van der Waals surface area contributed by atoms with E-state index in [1.807, 2.05) is 6.07 Å². The third-order valence-electron chi connectivity index (χ3n) is 6.04. The summed E-state index contributed by atoms with van der Waals surface area (Å²) in [5.74, 6) is 0.841. The Morgan fingerprint density at radius 1 is 1.13 bits per heavy atom. The predicted molar refractivity (Wildman–Crippen MR) is 131 cm³/mol. The Kier molecular flexibility index (Phi) is 6.84. The lowest BCUT2D eigenvalue weighted by molar-refractivity contribution is 0.242. The van der Waals surface area contributed by atoms with Gasteiger partial charge in [-0.1, -0.05) is 0 Å². The van der Waals surface area contributed by atoms with Crippen LogP contribution in [-0.4, -0.2) is 79.7 Å². The maximum atomic E-state index is 5.41. The van der Waals surface area contributed by atoms with Gasteiger partial charge in [-0.2, -0.15) is 0 Å². The maximum absolute atomic E-state index is 5.41. The van der Waals surface area contributed by atoms with E-state index in [4.69, 9.17) is 9.72 Å². The van der Waals surface area contributed by atoms with Crippen LogP contribution in [0.5, 0.6) is 5.75 Å². The van der Waals surface area contributed by atoms with Crippen molar-refractivity contribution in [1.82, 2.24) is 19.2 Å². The Labute approximate surface area is 193 Å². The molecule has 1 aliphatic heterocycles. The molecule has 1 fully saturated rings. The lowest BCUT2D eigenvalue weighted by Crippen LogP contribution is -2.47. The molecular formula is C24H32BrN5O. The number of anilines is 1. The highest BCUT2D eigenvalue weighted by molar-refractivity contribution is 9.10. The molecule has 3 aromatic rings. The number of nitrogens with zero attached hydrogens (tertiary/aromatic N) is 5. The minimum absolute atomic E-state index is 0.841. The number of fused-ring (bicyclic) bond motifs is 1. The van der Waals surface area contributed by atoms with E-state index < -0.39 is 0 Å². The highest BCUT2D eigenvalue weighted by Crippen LogP contribution is 2.33. The summed E-state index contributed by atoms with van der Waals surface area (Å²) < 4.78 is 8.46. The van der Waals surface area contributed by atoms with E-state index in [1.54, 1.807) is 7.11 Å². The van der Waals surface area contributed by atoms with E-state index in [-0.39, 0.29) is 0 Å². The van der Waals surface area contributed by atoms with Crippen LogP contribution in [0.25, 0.3) is 16.9 Å². The van der Waals surface area contributed by atoms with Crippen LogP contribution in [0.4, 0.5) is 5.69 Å². The van der Waals surface area contributed by atoms with Crippen LogP contribution in [0.15, 0.2) is 41.1 Å². The van der Waals surface area contributed by atoms with Crippen LogP contribution >= 0.6 is 15.9 Å². The first kappa shape index (κ1) is 22.1. The van der Waals surface area contributed by atoms with Gasteiger partial charge >= 0.3 is 0 Å². The fourth-order valence-electron chi connectivity index (χ4n) is 4.23. The van der Waals surface area contributed by atoms with Crippen LogP contribution in [0.1, 0.15) is 12.0 Å². The Bertz CT molecular complexity index is 1040. The van der Waals surface area contributed by atoms with E-state index in [9.17, 15) is 0 Å². The summed E-state index contributed by atoms with van der Waals surface area (Å²) in [5, 5.41) is 0. The Morgan fingerprint density at radius 2 is 1.90 bits per heavy atom. The first-order valence-electron chi connectivity index (χ1n) is 10.9. The molecule has 6 nitrogen and oxygen atoms in total. The summed E-state index contributed by atoms with van der Waals surface area (Å²) in [4.78, 5) is 12.2. The van der Waals surface area contributed by atoms with E-state index in [0.29, 0.717) is 0 Å². The van der Waals surface area contributed by atoms with Gasteiger partial charge in [0, 0.05) is 55.9 Å². The van der Waals surface area contributed by atoms with Crippen LogP contribution in [0.2, 0.25) is 0 Å². The van der Waals surface area contributed by atoms with Gasteiger partial charge in [0.05, 0.1) is 17.3 Å². The fraction of sp³-hybridized carbons (Fsp3) is 0.458. The first-order valence-corrected chi connectivity index (χ1v) is 11.7. The minimum atomic E-state index is 0.841. The molecule has 3 heterocycles. The number of hydrogen-bond acceptors (Lipinski definition) is 5. The zero-order chi connectivity index (χ0) is 22.0. The second-order valence-corrected chi connectivity index (χ2v) is 9.42. The average molecular weight is 486 g/mol. The number of halogens is 1. The number of rotatable bonds is 7. The van der Waals surface area contributed by atoms with Gasteiger partial charge in [-0.25, -0.2) is 4.98 Å². The molecule has 0 radical (unpaired) electrons. The summed E-state index contributed by atoms with van der Waals surface area (Å²) in [6.45, 7) is 8.81. The molecule has 2 aromatic heterocycles. The maximum Gasteiger partial charge on any atom is 0.139 e. The SMILES string of the molecule is COc1cc(C)c(-c2cn3ccc(N4CCN(CCCN(C)C)CC4)cc3n2)cc1Br. The van der Waals surface area contributed by atoms with E-state index >= 15 is 0 Å². The molecule has 31 heavy (non-hydrogen) atoms. The number of aromatic nitrogens is 2. The Morgan fingerprint density at radius 3 is 2.61 bits per heavy atom. The number of methoxy groups -OCH3 is 1. The topological polar surface area (TPSA) is 36.3 Å². The summed E-state index contributed by atoms with van der Waals surface area (Å²) in [5.41, 5.74) is 5.47. The molecule has 4 rings (SSSR count). The number of aryl methyl sites for hydroxylation is 1. The molecule has 0 spiro atoms. The lowest BCUT2D eigenvalue weighted by atomic mass is 10.1. The van der Waals surface area contributed by atoms with Crippen molar-refractivity contribution in [1.29, 1.82) is 0 Å². The third kappa shape index (κ3) is 5.05. The van der Waals surface area contributed by atoms with Crippen molar-refractivity contribution in [2.45, 2.75) is 13.3 Å². The van der Waals surface area contributed by atoms with Crippen LogP contribution < -0.4 is 9.64 Å². The van der Waals surface area contributed by atoms with Crippen LogP contribution in [0.3, 0.4) is 0 Å². The van der Waals surface area contributed by atoms with Crippen molar-refractivity contribution in [3.63, 3.8) is 0 Å². The molecule has 166 valence electrons. The minimum Gasteiger partial charge on any atom is -0.496 e. The lowest BCUT2D eigenvalue weighted by Gasteiger charge is -2.36. The van der Waals surface area contributed by atoms with Gasteiger partial charge in [-0.3, -0.25) is 4.90 Å². The van der Waals surface area contributed by atoms with Gasteiger partial charge in [0.15, 0.2) is 0 Å². The molecular weight excluding hydrogens is 454 g/mol. The number of hydrogen-bond donors (Lipinski definition) is 0. The third-order valence-corrected chi connectivity index (χ3v) is 6.66. The molecule has 0 aliphatic carbocycles. The monoisotopic (exact) mass is 485 g/mol. The summed E-state index contributed by atoms with van der Waals surface area (Å²) in [6, 6.07) is 8.55. The second-order valence-electron chi connectivity index (χ2n) is 8.56. The number of benzene rings is 1. The highest BCUT2D eigenvalue weighted by atomic mass is 79.9. The number of imidazole rings is 1. The van der Waals surface area contributed by atoms with Crippen molar-refractivity contribution in [2.24, 2.45) is 0 Å². The standard InChI is InChI=1S/C24H32BrN5O/c1-18-14-23(31-4)21(25)16-20(18)22-17-30-9-6-19(15-24(30)26-22)29-12-10-28(11-13-29)8-5-7-27(2)3/h6,9,14-17H,5,7-8,10-13H2,1-4H3. The number of piperazine rings is 1. The van der Waals surface area contributed by atoms with Crippen LogP contribution in [0, 0.1) is 6.92 Å². The molecule has 0 amide bonds. The molecule has 1 saturated heterocycles. The largest absolute Gasteiger partial charge is 0.496 e. The smallest absolute Gasteiger partial charge is 0.139 e. The van der Waals surface area contributed by atoms with E-state index in [2.05, 4.69) is 86.6 Å². The first-order chi connectivity index (χ1) is 14.9. The van der Waals surface area contributed by atoms with Gasteiger partial charge in [0.2, 0.25) is 0 Å². The van der Waals surface area contributed by atoms with E-state index in [1.165, 1.54) is 18.7 Å². The zero-order valence-corrected chi connectivity index (χ0v) is 20.5. The van der Waals surface area contributed by atoms with Gasteiger partial charge in [0.25, 0.3) is 0 Å². The zero-order valence-electron chi connectivity index (χ0n) is 18.9. The second kappa shape index (κ2) is 9.59. The van der Waals surface area contributed by atoms with Gasteiger partial charge < -0.3 is 18.9 Å². The Balaban J connectivity index is 1.47. The van der Waals surface area contributed by atoms with Crippen LogP contribution in [-0.2, 0) is 0 Å². The van der Waals surface area contributed by atoms with Gasteiger partial charge in [-0.05, 0) is 80.2 Å². The molecule has 1 aliphatic rings. The van der Waals surface area contributed by atoms with Crippen molar-refractivity contribution in [3.05, 3.63) is 46.7 Å².